The summed E-state index contributed by atoms with van der Waals surface area (Å²) in [6, 6.07) is 24.1. The summed E-state index contributed by atoms with van der Waals surface area (Å²) in [5.74, 6) is 0.441. The first-order valence-electron chi connectivity index (χ1n) is 13.5. The molecule has 0 aliphatic heterocycles. The summed E-state index contributed by atoms with van der Waals surface area (Å²) < 4.78 is 12.0. The lowest BCUT2D eigenvalue weighted by Gasteiger charge is -2.18. The Kier molecular flexibility index (Phi) is 7.92. The van der Waals surface area contributed by atoms with Crippen molar-refractivity contribution in [1.82, 2.24) is 0 Å². The molecular weight excluding hydrogens is 504 g/mol. The second-order valence-corrected chi connectivity index (χ2v) is 10.4. The topological polar surface area (TPSA) is 96.2 Å². The maximum absolute atomic E-state index is 11.5. The average molecular weight is 539 g/mol. The highest BCUT2D eigenvalue weighted by atomic mass is 16.5. The lowest BCUT2D eigenvalue weighted by Crippen LogP contribution is -2.21. The van der Waals surface area contributed by atoms with E-state index in [-0.39, 0.29) is 25.6 Å². The molecule has 0 heterocycles. The van der Waals surface area contributed by atoms with Gasteiger partial charge in [0, 0.05) is 5.92 Å². The van der Waals surface area contributed by atoms with Crippen LogP contribution < -0.4 is 9.47 Å². The lowest BCUT2D eigenvalue weighted by atomic mass is 9.90. The van der Waals surface area contributed by atoms with Crippen LogP contribution in [0.25, 0.3) is 22.3 Å². The molecule has 4 aromatic carbocycles. The molecule has 2 atom stereocenters. The summed E-state index contributed by atoms with van der Waals surface area (Å²) >= 11 is 0. The van der Waals surface area contributed by atoms with Crippen molar-refractivity contribution in [2.24, 2.45) is 0 Å². The number of aliphatic carboxylic acids is 1. The quantitative estimate of drug-likeness (QED) is 0.223. The van der Waals surface area contributed by atoms with E-state index < -0.39 is 12.1 Å². The molecule has 0 saturated heterocycles. The molecule has 0 spiro atoms. The van der Waals surface area contributed by atoms with E-state index in [1.165, 1.54) is 0 Å². The molecule has 6 nitrogen and oxygen atoms in total. The van der Waals surface area contributed by atoms with Crippen LogP contribution in [-0.2, 0) is 11.4 Å². The molecule has 3 N–H and O–H groups in total. The first-order valence-corrected chi connectivity index (χ1v) is 13.5. The first-order chi connectivity index (χ1) is 19.3. The van der Waals surface area contributed by atoms with E-state index in [0.717, 1.165) is 61.4 Å². The van der Waals surface area contributed by atoms with Gasteiger partial charge in [-0.05, 0) is 101 Å². The molecule has 0 bridgehead atoms. The Hall–Kier alpha value is -4.13. The maximum Gasteiger partial charge on any atom is 0.304 e. The Labute approximate surface area is 234 Å². The van der Waals surface area contributed by atoms with Gasteiger partial charge in [0.1, 0.15) is 30.8 Å². The van der Waals surface area contributed by atoms with Gasteiger partial charge < -0.3 is 24.8 Å². The van der Waals surface area contributed by atoms with Crippen molar-refractivity contribution in [3.8, 4) is 33.8 Å². The molecule has 0 fully saturated rings. The minimum atomic E-state index is -0.911. The van der Waals surface area contributed by atoms with E-state index in [1.807, 2.05) is 74.5 Å². The molecular formula is C34H34O6. The van der Waals surface area contributed by atoms with Crippen LogP contribution in [0.15, 0.2) is 72.8 Å². The number of ether oxygens (including phenoxy) is 2. The fraction of sp³-hybridized carbons (Fsp3) is 0.265. The molecule has 1 unspecified atom stereocenters. The number of benzene rings is 4. The fourth-order valence-corrected chi connectivity index (χ4v) is 5.72. The Balaban J connectivity index is 1.37. The molecule has 40 heavy (non-hydrogen) atoms. The zero-order chi connectivity index (χ0) is 28.4. The summed E-state index contributed by atoms with van der Waals surface area (Å²) in [7, 11) is 0. The number of carboxylic acids is 1. The van der Waals surface area contributed by atoms with Gasteiger partial charge >= 0.3 is 5.97 Å². The second kappa shape index (κ2) is 11.5. The molecule has 1 aliphatic rings. The zero-order valence-electron chi connectivity index (χ0n) is 23.0. The first kappa shape index (κ1) is 27.4. The van der Waals surface area contributed by atoms with Gasteiger partial charge in [0.2, 0.25) is 0 Å². The minimum absolute atomic E-state index is 0.0368. The molecule has 1 aliphatic carbocycles. The van der Waals surface area contributed by atoms with Crippen molar-refractivity contribution in [3.63, 3.8) is 0 Å². The molecule has 4 aromatic rings. The monoisotopic (exact) mass is 538 g/mol. The molecule has 206 valence electrons. The van der Waals surface area contributed by atoms with Crippen molar-refractivity contribution in [3.05, 3.63) is 106 Å². The van der Waals surface area contributed by atoms with Gasteiger partial charge in [0.25, 0.3) is 0 Å². The number of hydrogen-bond donors (Lipinski definition) is 3. The third kappa shape index (κ3) is 5.46. The number of aliphatic hydroxyl groups is 2. The third-order valence-corrected chi connectivity index (χ3v) is 7.67. The zero-order valence-corrected chi connectivity index (χ0v) is 23.0. The summed E-state index contributed by atoms with van der Waals surface area (Å²) in [6.45, 7) is 6.28. The van der Waals surface area contributed by atoms with Crippen LogP contribution in [0.4, 0.5) is 0 Å². The number of carboxylic acid groups (broad SMARTS) is 1. The molecule has 0 amide bonds. The van der Waals surface area contributed by atoms with Gasteiger partial charge in [0.05, 0.1) is 13.0 Å². The summed E-state index contributed by atoms with van der Waals surface area (Å²) in [6.07, 6.45) is -0.849. The standard InChI is InChI=1S/C34H34O6/c1-20-13-26(40-19-24(36)17-35)14-21(2)34(20)27-10-6-7-23(22(27)3)18-39-25-11-12-30-31(15-25)28-8-4-5-9-29(28)32(30)16-33(37)38/h4-15,24,32,35-36H,16-19H2,1-3H3,(H,37,38)/t24-,32?/m1/s1. The van der Waals surface area contributed by atoms with E-state index in [4.69, 9.17) is 14.6 Å². The summed E-state index contributed by atoms with van der Waals surface area (Å²) in [5.41, 5.74) is 10.8. The van der Waals surface area contributed by atoms with Crippen LogP contribution in [0.2, 0.25) is 0 Å². The van der Waals surface area contributed by atoms with E-state index >= 15 is 0 Å². The van der Waals surface area contributed by atoms with Crippen molar-refractivity contribution in [2.45, 2.75) is 45.8 Å². The number of aryl methyl sites for hydroxylation is 2. The van der Waals surface area contributed by atoms with Crippen molar-refractivity contribution in [2.75, 3.05) is 13.2 Å². The second-order valence-electron chi connectivity index (χ2n) is 10.4. The highest BCUT2D eigenvalue weighted by Gasteiger charge is 2.30. The largest absolute Gasteiger partial charge is 0.491 e. The van der Waals surface area contributed by atoms with Gasteiger partial charge in [-0.2, -0.15) is 0 Å². The van der Waals surface area contributed by atoms with Crippen LogP contribution in [0.1, 0.15) is 45.7 Å². The normalized spacial score (nSPS) is 14.4. The molecule has 0 aromatic heterocycles. The minimum Gasteiger partial charge on any atom is -0.491 e. The fourth-order valence-electron chi connectivity index (χ4n) is 5.72. The lowest BCUT2D eigenvalue weighted by molar-refractivity contribution is -0.137. The van der Waals surface area contributed by atoms with Crippen molar-refractivity contribution >= 4 is 5.97 Å². The Morgan fingerprint density at radius 1 is 0.825 bits per heavy atom. The van der Waals surface area contributed by atoms with Crippen LogP contribution >= 0.6 is 0 Å². The third-order valence-electron chi connectivity index (χ3n) is 7.67. The van der Waals surface area contributed by atoms with E-state index in [0.29, 0.717) is 12.4 Å². The highest BCUT2D eigenvalue weighted by Crippen LogP contribution is 2.47. The van der Waals surface area contributed by atoms with Crippen molar-refractivity contribution in [1.29, 1.82) is 0 Å². The van der Waals surface area contributed by atoms with Gasteiger partial charge in [-0.3, -0.25) is 4.79 Å². The Bertz CT molecular complexity index is 1530. The predicted octanol–water partition coefficient (Wildman–Crippen LogP) is 6.18. The van der Waals surface area contributed by atoms with Crippen LogP contribution in [0, 0.1) is 20.8 Å². The SMILES string of the molecule is Cc1cc(OC[C@H](O)CO)cc(C)c1-c1cccc(COc2ccc3c(c2)-c2ccccc2C3CC(=O)O)c1C. The smallest absolute Gasteiger partial charge is 0.304 e. The number of carbonyl (C=O) groups is 1. The maximum atomic E-state index is 11.5. The Morgan fingerprint density at radius 2 is 1.52 bits per heavy atom. The molecule has 0 radical (unpaired) electrons. The molecule has 0 saturated carbocycles. The Morgan fingerprint density at radius 3 is 2.25 bits per heavy atom. The molecule has 5 rings (SSSR count). The van der Waals surface area contributed by atoms with Gasteiger partial charge in [-0.15, -0.1) is 0 Å². The summed E-state index contributed by atoms with van der Waals surface area (Å²) in [4.78, 5) is 11.5. The summed E-state index contributed by atoms with van der Waals surface area (Å²) in [5, 5.41) is 28.1. The molecule has 6 heteroatoms. The van der Waals surface area contributed by atoms with Gasteiger partial charge in [0.15, 0.2) is 0 Å². The average Bonchev–Trinajstić information content (AvgIpc) is 3.24. The van der Waals surface area contributed by atoms with E-state index in [9.17, 15) is 15.0 Å². The van der Waals surface area contributed by atoms with Crippen LogP contribution in [-0.4, -0.2) is 40.6 Å². The van der Waals surface area contributed by atoms with E-state index in [1.54, 1.807) is 0 Å². The number of rotatable bonds is 10. The van der Waals surface area contributed by atoms with Crippen LogP contribution in [0.3, 0.4) is 0 Å². The number of aliphatic hydroxyl groups excluding tert-OH is 2. The highest BCUT2D eigenvalue weighted by molar-refractivity contribution is 5.82. The van der Waals surface area contributed by atoms with Crippen LogP contribution in [0.5, 0.6) is 11.5 Å². The predicted molar refractivity (Wildman–Crippen MR) is 155 cm³/mol. The number of fused-ring (bicyclic) bond motifs is 3. The van der Waals surface area contributed by atoms with E-state index in [2.05, 4.69) is 19.1 Å². The van der Waals surface area contributed by atoms with Gasteiger partial charge in [-0.25, -0.2) is 0 Å². The number of hydrogen-bond acceptors (Lipinski definition) is 5. The van der Waals surface area contributed by atoms with Crippen molar-refractivity contribution < 1.29 is 29.6 Å². The van der Waals surface area contributed by atoms with Gasteiger partial charge in [-0.1, -0.05) is 48.5 Å².